The number of nitrogens with one attached hydrogen (secondary N) is 1. The second-order valence-corrected chi connectivity index (χ2v) is 12.8. The molecule has 7 nitrogen and oxygen atoms in total. The van der Waals surface area contributed by atoms with Crippen molar-refractivity contribution in [3.63, 3.8) is 0 Å². The predicted octanol–water partition coefficient (Wildman–Crippen LogP) is 4.65. The van der Waals surface area contributed by atoms with Crippen LogP contribution in [0.3, 0.4) is 0 Å². The second-order valence-electron chi connectivity index (χ2n) is 10.3. The molecule has 0 heterocycles. The van der Waals surface area contributed by atoms with Crippen LogP contribution in [0.4, 0.5) is 4.39 Å². The highest BCUT2D eigenvalue weighted by atomic mass is 35.5. The predicted molar refractivity (Wildman–Crippen MR) is 150 cm³/mol. The van der Waals surface area contributed by atoms with Gasteiger partial charge < -0.3 is 10.2 Å². The van der Waals surface area contributed by atoms with Crippen molar-refractivity contribution in [1.82, 2.24) is 14.5 Å². The van der Waals surface area contributed by atoms with Crippen molar-refractivity contribution in [3.05, 3.63) is 101 Å². The van der Waals surface area contributed by atoms with Gasteiger partial charge in [-0.15, -0.1) is 0 Å². The third-order valence-electron chi connectivity index (χ3n) is 5.92. The number of carbonyl (C=O) groups is 2. The third-order valence-corrected chi connectivity index (χ3v) is 7.98. The van der Waals surface area contributed by atoms with Gasteiger partial charge in [0.25, 0.3) is 0 Å². The molecule has 2 amide bonds. The fraction of sp³-hybridized carbons (Fsp3) is 0.310. The topological polar surface area (TPSA) is 86.8 Å². The van der Waals surface area contributed by atoms with E-state index in [1.165, 1.54) is 60.5 Å². The van der Waals surface area contributed by atoms with Crippen molar-refractivity contribution in [2.45, 2.75) is 50.2 Å². The van der Waals surface area contributed by atoms with Crippen LogP contribution in [0, 0.1) is 5.82 Å². The molecular weight excluding hydrogens is 541 g/mol. The van der Waals surface area contributed by atoms with Gasteiger partial charge in [0, 0.05) is 30.6 Å². The number of hydrogen-bond donors (Lipinski definition) is 1. The Bertz CT molecular complexity index is 1380. The van der Waals surface area contributed by atoms with Crippen molar-refractivity contribution in [2.75, 3.05) is 13.6 Å². The van der Waals surface area contributed by atoms with E-state index in [9.17, 15) is 22.4 Å². The van der Waals surface area contributed by atoms with Crippen molar-refractivity contribution < 1.29 is 22.4 Å². The molecule has 0 saturated carbocycles. The number of sulfonamides is 1. The summed E-state index contributed by atoms with van der Waals surface area (Å²) in [6.45, 7) is 4.97. The first-order valence-corrected chi connectivity index (χ1v) is 14.2. The largest absolute Gasteiger partial charge is 0.350 e. The van der Waals surface area contributed by atoms with Gasteiger partial charge in [0.15, 0.2) is 0 Å². The van der Waals surface area contributed by atoms with Gasteiger partial charge in [-0.25, -0.2) is 12.8 Å². The Morgan fingerprint density at radius 2 is 1.51 bits per heavy atom. The van der Waals surface area contributed by atoms with Crippen LogP contribution in [0.2, 0.25) is 5.02 Å². The van der Waals surface area contributed by atoms with Gasteiger partial charge >= 0.3 is 0 Å². The Morgan fingerprint density at radius 3 is 2.08 bits per heavy atom. The van der Waals surface area contributed by atoms with E-state index in [2.05, 4.69) is 5.32 Å². The van der Waals surface area contributed by atoms with Crippen LogP contribution < -0.4 is 5.32 Å². The Hall–Kier alpha value is -3.27. The summed E-state index contributed by atoms with van der Waals surface area (Å²) in [5.74, 6) is -1.40. The molecule has 0 aliphatic carbocycles. The quantitative estimate of drug-likeness (QED) is 0.382. The Labute approximate surface area is 234 Å². The molecule has 0 bridgehead atoms. The van der Waals surface area contributed by atoms with Crippen molar-refractivity contribution >= 4 is 33.4 Å². The van der Waals surface area contributed by atoms with Gasteiger partial charge in [-0.05, 0) is 68.3 Å². The van der Waals surface area contributed by atoms with E-state index in [0.717, 1.165) is 9.87 Å². The molecule has 0 radical (unpaired) electrons. The summed E-state index contributed by atoms with van der Waals surface area (Å²) in [6.07, 6.45) is 0.198. The van der Waals surface area contributed by atoms with Crippen LogP contribution in [-0.4, -0.2) is 54.6 Å². The number of amides is 2. The summed E-state index contributed by atoms with van der Waals surface area (Å²) in [7, 11) is -2.71. The molecule has 1 atom stereocenters. The zero-order chi connectivity index (χ0) is 28.8. The summed E-state index contributed by atoms with van der Waals surface area (Å²) < 4.78 is 40.9. The smallest absolute Gasteiger partial charge is 0.243 e. The third kappa shape index (κ3) is 8.61. The summed E-state index contributed by atoms with van der Waals surface area (Å²) in [6, 6.07) is 19.5. The van der Waals surface area contributed by atoms with Gasteiger partial charge in [-0.2, -0.15) is 4.31 Å². The summed E-state index contributed by atoms with van der Waals surface area (Å²) in [5, 5.41) is 3.33. The van der Waals surface area contributed by atoms with E-state index in [4.69, 9.17) is 11.6 Å². The van der Waals surface area contributed by atoms with Crippen molar-refractivity contribution in [1.29, 1.82) is 0 Å². The zero-order valence-corrected chi connectivity index (χ0v) is 24.0. The number of likely N-dealkylation sites (N-methyl/N-ethyl adjacent to an activating group) is 1. The summed E-state index contributed by atoms with van der Waals surface area (Å²) in [4.78, 5) is 28.7. The SMILES string of the molecule is CN(CC(=O)N(Cc1ccc(F)cc1)C(Cc1ccccc1)C(=O)NC(C)(C)C)S(=O)(=O)c1ccc(Cl)cc1. The van der Waals surface area contributed by atoms with Gasteiger partial charge in [0.2, 0.25) is 21.8 Å². The highest BCUT2D eigenvalue weighted by molar-refractivity contribution is 7.89. The maximum Gasteiger partial charge on any atom is 0.243 e. The van der Waals surface area contributed by atoms with Crippen molar-refractivity contribution in [3.8, 4) is 0 Å². The van der Waals surface area contributed by atoms with E-state index in [-0.39, 0.29) is 23.8 Å². The molecule has 1 N–H and O–H groups in total. The molecule has 3 aromatic rings. The molecular formula is C29H33ClFN3O4S. The fourth-order valence-electron chi connectivity index (χ4n) is 3.95. The van der Waals surface area contributed by atoms with Crippen molar-refractivity contribution in [2.24, 2.45) is 0 Å². The number of rotatable bonds is 10. The molecule has 0 saturated heterocycles. The standard InChI is InChI=1S/C29H33ClFN3O4S/c1-29(2,3)32-28(36)26(18-21-8-6-5-7-9-21)34(19-22-10-14-24(31)15-11-22)27(35)20-33(4)39(37,38)25-16-12-23(30)13-17-25/h5-17,26H,18-20H2,1-4H3,(H,32,36). The highest BCUT2D eigenvalue weighted by Gasteiger charge is 2.34. The molecule has 10 heteroatoms. The Kier molecular flexibility index (Phi) is 9.88. The first-order chi connectivity index (χ1) is 18.3. The molecule has 0 aromatic heterocycles. The summed E-state index contributed by atoms with van der Waals surface area (Å²) >= 11 is 5.90. The molecule has 208 valence electrons. The molecule has 1 unspecified atom stereocenters. The van der Waals surface area contributed by atoms with Crippen LogP contribution in [0.15, 0.2) is 83.8 Å². The van der Waals surface area contributed by atoms with Gasteiger partial charge in [-0.1, -0.05) is 54.1 Å². The Balaban J connectivity index is 1.98. The lowest BCUT2D eigenvalue weighted by Gasteiger charge is -2.34. The molecule has 0 aliphatic heterocycles. The number of nitrogens with zero attached hydrogens (tertiary/aromatic N) is 2. The maximum atomic E-state index is 13.8. The lowest BCUT2D eigenvalue weighted by molar-refractivity contribution is -0.141. The van der Waals surface area contributed by atoms with Gasteiger partial charge in [0.05, 0.1) is 11.4 Å². The highest BCUT2D eigenvalue weighted by Crippen LogP contribution is 2.20. The molecule has 0 spiro atoms. The maximum absolute atomic E-state index is 13.8. The lowest BCUT2D eigenvalue weighted by atomic mass is 10.0. The summed E-state index contributed by atoms with van der Waals surface area (Å²) in [5.41, 5.74) is 0.839. The van der Waals surface area contributed by atoms with Crippen LogP contribution in [-0.2, 0) is 32.6 Å². The fourth-order valence-corrected chi connectivity index (χ4v) is 5.19. The van der Waals surface area contributed by atoms with Gasteiger partial charge in [0.1, 0.15) is 11.9 Å². The molecule has 39 heavy (non-hydrogen) atoms. The van der Waals surface area contributed by atoms with E-state index in [1.54, 1.807) is 0 Å². The molecule has 0 fully saturated rings. The second kappa shape index (κ2) is 12.7. The number of benzene rings is 3. The van der Waals surface area contributed by atoms with Crippen LogP contribution in [0.1, 0.15) is 31.9 Å². The first kappa shape index (κ1) is 30.3. The van der Waals surface area contributed by atoms with E-state index in [0.29, 0.717) is 10.6 Å². The molecule has 3 rings (SSSR count). The van der Waals surface area contributed by atoms with E-state index < -0.39 is 39.9 Å². The average Bonchev–Trinajstić information content (AvgIpc) is 2.87. The minimum absolute atomic E-state index is 0.0152. The minimum Gasteiger partial charge on any atom is -0.350 e. The monoisotopic (exact) mass is 573 g/mol. The minimum atomic E-state index is -4.02. The van der Waals surface area contributed by atoms with E-state index in [1.807, 2.05) is 51.1 Å². The lowest BCUT2D eigenvalue weighted by Crippen LogP contribution is -2.56. The number of hydrogen-bond acceptors (Lipinski definition) is 4. The first-order valence-electron chi connectivity index (χ1n) is 12.4. The average molecular weight is 574 g/mol. The van der Waals surface area contributed by atoms with Crippen LogP contribution >= 0.6 is 11.6 Å². The normalized spacial score (nSPS) is 12.7. The van der Waals surface area contributed by atoms with E-state index >= 15 is 0 Å². The van der Waals surface area contributed by atoms with Gasteiger partial charge in [-0.3, -0.25) is 9.59 Å². The zero-order valence-electron chi connectivity index (χ0n) is 22.4. The van der Waals surface area contributed by atoms with Crippen LogP contribution in [0.25, 0.3) is 0 Å². The van der Waals surface area contributed by atoms with Crippen LogP contribution in [0.5, 0.6) is 0 Å². The number of carbonyl (C=O) groups excluding carboxylic acids is 2. The number of halogens is 2. The molecule has 3 aromatic carbocycles. The Morgan fingerprint density at radius 1 is 0.923 bits per heavy atom. The molecule has 0 aliphatic rings.